The second-order valence-electron chi connectivity index (χ2n) is 7.05. The van der Waals surface area contributed by atoms with Crippen molar-refractivity contribution in [3.63, 3.8) is 0 Å². The fourth-order valence-corrected chi connectivity index (χ4v) is 2.93. The molecule has 0 fully saturated rings. The van der Waals surface area contributed by atoms with Gasteiger partial charge in [-0.3, -0.25) is 0 Å². The number of halogens is 1. The number of aliphatic hydroxyl groups is 1. The van der Waals surface area contributed by atoms with Crippen molar-refractivity contribution in [2.45, 2.75) is 45.5 Å². The monoisotopic (exact) mass is 422 g/mol. The van der Waals surface area contributed by atoms with Gasteiger partial charge in [-0.05, 0) is 62.2 Å². The van der Waals surface area contributed by atoms with Gasteiger partial charge in [-0.15, -0.1) is 0 Å². The van der Waals surface area contributed by atoms with Crippen molar-refractivity contribution < 1.29 is 29.2 Å². The Morgan fingerprint density at radius 1 is 1.10 bits per heavy atom. The van der Waals surface area contributed by atoms with Crippen LogP contribution in [0, 0.1) is 6.92 Å². The predicted molar refractivity (Wildman–Crippen MR) is 111 cm³/mol. The summed E-state index contributed by atoms with van der Waals surface area (Å²) in [6, 6.07) is 12.4. The van der Waals surface area contributed by atoms with E-state index in [2.05, 4.69) is 0 Å². The number of ether oxygens (including phenoxy) is 3. The smallest absolute Gasteiger partial charge is 0.333 e. The number of carboxylic acid groups (broad SMARTS) is 1. The molecule has 158 valence electrons. The van der Waals surface area contributed by atoms with Crippen molar-refractivity contribution in [1.29, 1.82) is 0 Å². The summed E-state index contributed by atoms with van der Waals surface area (Å²) in [6.07, 6.45) is -1.71. The summed E-state index contributed by atoms with van der Waals surface area (Å²) in [7, 11) is 0. The summed E-state index contributed by atoms with van der Waals surface area (Å²) in [5, 5.41) is 20.1. The van der Waals surface area contributed by atoms with E-state index in [1.165, 1.54) is 0 Å². The van der Waals surface area contributed by atoms with E-state index < -0.39 is 18.2 Å². The lowest BCUT2D eigenvalue weighted by Crippen LogP contribution is -2.29. The summed E-state index contributed by atoms with van der Waals surface area (Å²) in [4.78, 5) is 11.4. The minimum atomic E-state index is -1.00. The maximum atomic E-state index is 11.4. The summed E-state index contributed by atoms with van der Waals surface area (Å²) in [5.74, 6) is 0.188. The zero-order valence-electron chi connectivity index (χ0n) is 16.8. The molecule has 2 atom stereocenters. The quantitative estimate of drug-likeness (QED) is 0.571. The molecular weight excluding hydrogens is 396 g/mol. The summed E-state index contributed by atoms with van der Waals surface area (Å²) < 4.78 is 16.7. The van der Waals surface area contributed by atoms with E-state index in [1.54, 1.807) is 50.2 Å². The van der Waals surface area contributed by atoms with E-state index in [9.17, 15) is 15.0 Å². The number of benzene rings is 2. The highest BCUT2D eigenvalue weighted by atomic mass is 35.5. The number of hydrogen-bond acceptors (Lipinski definition) is 5. The predicted octanol–water partition coefficient (Wildman–Crippen LogP) is 3.89. The Balaban J connectivity index is 1.87. The molecule has 2 aromatic rings. The number of hydrogen-bond donors (Lipinski definition) is 2. The molecule has 0 saturated heterocycles. The molecule has 0 aliphatic rings. The van der Waals surface area contributed by atoms with Crippen LogP contribution in [0.25, 0.3) is 0 Å². The van der Waals surface area contributed by atoms with E-state index >= 15 is 0 Å². The maximum absolute atomic E-state index is 11.4. The van der Waals surface area contributed by atoms with Gasteiger partial charge in [-0.2, -0.15) is 0 Å². The summed E-state index contributed by atoms with van der Waals surface area (Å²) >= 11 is 5.92. The first kappa shape index (κ1) is 23.0. The average Bonchev–Trinajstić information content (AvgIpc) is 2.65. The number of carboxylic acids is 1. The van der Waals surface area contributed by atoms with Crippen molar-refractivity contribution in [2.24, 2.45) is 0 Å². The largest absolute Gasteiger partial charge is 0.491 e. The topological polar surface area (TPSA) is 85.2 Å². The van der Waals surface area contributed by atoms with Crippen LogP contribution in [0.2, 0.25) is 5.02 Å². The minimum Gasteiger partial charge on any atom is -0.491 e. The third-order valence-corrected chi connectivity index (χ3v) is 4.28. The molecule has 2 aromatic carbocycles. The van der Waals surface area contributed by atoms with E-state index in [0.29, 0.717) is 16.5 Å². The van der Waals surface area contributed by atoms with Crippen LogP contribution in [0.5, 0.6) is 11.5 Å². The molecule has 29 heavy (non-hydrogen) atoms. The molecule has 0 aliphatic carbocycles. The number of rotatable bonds is 11. The first-order valence-corrected chi connectivity index (χ1v) is 9.79. The number of carbonyl (C=O) groups is 1. The number of aliphatic hydroxyl groups excluding tert-OH is 1. The van der Waals surface area contributed by atoms with Crippen LogP contribution < -0.4 is 9.47 Å². The summed E-state index contributed by atoms with van der Waals surface area (Å²) in [6.45, 7) is 5.59. The fourth-order valence-electron chi connectivity index (χ4n) is 2.70. The molecule has 0 radical (unpaired) electrons. The molecule has 0 aliphatic heterocycles. The standard InChI is InChI=1S/C22H27ClO6/c1-14(2)29-21(22(25)26)11-16-5-4-6-19(10-16)27-12-18(24)13-28-20-8-7-17(23)9-15(20)3/h4-10,14,18,21,24H,11-13H2,1-3H3,(H,25,26)/t18-,21-/m0/s1. The maximum Gasteiger partial charge on any atom is 0.333 e. The third-order valence-electron chi connectivity index (χ3n) is 4.04. The van der Waals surface area contributed by atoms with Crippen LogP contribution in [0.15, 0.2) is 42.5 Å². The molecule has 0 aromatic heterocycles. The Morgan fingerprint density at radius 2 is 1.83 bits per heavy atom. The van der Waals surface area contributed by atoms with Gasteiger partial charge in [0, 0.05) is 11.4 Å². The van der Waals surface area contributed by atoms with Crippen molar-refractivity contribution >= 4 is 17.6 Å². The Kier molecular flexibility index (Phi) is 8.76. The summed E-state index contributed by atoms with van der Waals surface area (Å²) in [5.41, 5.74) is 1.66. The Morgan fingerprint density at radius 3 is 2.48 bits per heavy atom. The minimum absolute atomic E-state index is 0.0426. The second-order valence-corrected chi connectivity index (χ2v) is 7.49. The van der Waals surface area contributed by atoms with Crippen LogP contribution in [0.1, 0.15) is 25.0 Å². The Labute approximate surface area is 176 Å². The molecule has 0 heterocycles. The third kappa shape index (κ3) is 7.93. The van der Waals surface area contributed by atoms with Crippen LogP contribution >= 0.6 is 11.6 Å². The van der Waals surface area contributed by atoms with Gasteiger partial charge in [0.1, 0.15) is 30.8 Å². The van der Waals surface area contributed by atoms with Gasteiger partial charge in [0.15, 0.2) is 6.10 Å². The molecule has 2 N–H and O–H groups in total. The lowest BCUT2D eigenvalue weighted by atomic mass is 10.1. The zero-order chi connectivity index (χ0) is 21.4. The molecule has 0 spiro atoms. The van der Waals surface area contributed by atoms with Gasteiger partial charge >= 0.3 is 5.97 Å². The Bertz CT molecular complexity index is 808. The number of aliphatic carboxylic acids is 1. The number of aryl methyl sites for hydroxylation is 1. The van der Waals surface area contributed by atoms with Crippen molar-refractivity contribution in [3.05, 3.63) is 58.6 Å². The van der Waals surface area contributed by atoms with Gasteiger partial charge in [-0.25, -0.2) is 4.79 Å². The van der Waals surface area contributed by atoms with Gasteiger partial charge in [0.25, 0.3) is 0 Å². The first-order valence-electron chi connectivity index (χ1n) is 9.41. The van der Waals surface area contributed by atoms with E-state index in [-0.39, 0.29) is 25.7 Å². The van der Waals surface area contributed by atoms with Crippen LogP contribution in [-0.4, -0.2) is 47.7 Å². The van der Waals surface area contributed by atoms with E-state index in [1.807, 2.05) is 13.0 Å². The lowest BCUT2D eigenvalue weighted by molar-refractivity contribution is -0.153. The van der Waals surface area contributed by atoms with Crippen LogP contribution in [0.4, 0.5) is 0 Å². The van der Waals surface area contributed by atoms with E-state index in [0.717, 1.165) is 11.1 Å². The van der Waals surface area contributed by atoms with Gasteiger partial charge < -0.3 is 24.4 Å². The lowest BCUT2D eigenvalue weighted by Gasteiger charge is -2.17. The fraction of sp³-hybridized carbons (Fsp3) is 0.409. The highest BCUT2D eigenvalue weighted by Gasteiger charge is 2.20. The van der Waals surface area contributed by atoms with Crippen LogP contribution in [0.3, 0.4) is 0 Å². The van der Waals surface area contributed by atoms with Gasteiger partial charge in [-0.1, -0.05) is 23.7 Å². The normalized spacial score (nSPS) is 13.2. The van der Waals surface area contributed by atoms with Crippen LogP contribution in [-0.2, 0) is 16.0 Å². The molecular formula is C22H27ClO6. The SMILES string of the molecule is Cc1cc(Cl)ccc1OC[C@@H](O)COc1cccc(C[C@H](OC(C)C)C(=O)O)c1. The average molecular weight is 423 g/mol. The highest BCUT2D eigenvalue weighted by molar-refractivity contribution is 6.30. The highest BCUT2D eigenvalue weighted by Crippen LogP contribution is 2.22. The van der Waals surface area contributed by atoms with Crippen molar-refractivity contribution in [3.8, 4) is 11.5 Å². The molecule has 2 rings (SSSR count). The Hall–Kier alpha value is -2.28. The van der Waals surface area contributed by atoms with Crippen molar-refractivity contribution in [2.75, 3.05) is 13.2 Å². The molecule has 0 amide bonds. The molecule has 6 nitrogen and oxygen atoms in total. The zero-order valence-corrected chi connectivity index (χ0v) is 17.6. The van der Waals surface area contributed by atoms with Gasteiger partial charge in [0.05, 0.1) is 6.10 Å². The molecule has 0 unspecified atom stereocenters. The molecule has 7 heteroatoms. The first-order chi connectivity index (χ1) is 13.7. The second kappa shape index (κ2) is 11.0. The molecule has 0 bridgehead atoms. The van der Waals surface area contributed by atoms with Crippen molar-refractivity contribution in [1.82, 2.24) is 0 Å². The van der Waals surface area contributed by atoms with E-state index in [4.69, 9.17) is 25.8 Å². The van der Waals surface area contributed by atoms with Gasteiger partial charge in [0.2, 0.25) is 0 Å². The molecule has 0 saturated carbocycles.